The highest BCUT2D eigenvalue weighted by Crippen LogP contribution is 2.15. The van der Waals surface area contributed by atoms with Crippen LogP contribution in [0.5, 0.6) is 0 Å². The fraction of sp³-hybridized carbons (Fsp3) is 0.0769. The van der Waals surface area contributed by atoms with E-state index in [0.29, 0.717) is 17.3 Å². The highest BCUT2D eigenvalue weighted by atomic mass is 35.5. The Hall–Kier alpha value is -1.85. The summed E-state index contributed by atoms with van der Waals surface area (Å²) < 4.78 is 1.83. The SMILES string of the molecule is O=C(NCc1ccccc1Cl)c1cn2ccsc2n1. The number of imidazole rings is 1. The van der Waals surface area contributed by atoms with Crippen molar-refractivity contribution in [3.8, 4) is 0 Å². The number of amides is 1. The Balaban J connectivity index is 1.72. The molecule has 0 saturated carbocycles. The first-order valence-corrected chi connectivity index (χ1v) is 6.93. The van der Waals surface area contributed by atoms with Crippen LogP contribution in [0, 0.1) is 0 Å². The molecule has 0 bridgehead atoms. The molecule has 3 rings (SSSR count). The van der Waals surface area contributed by atoms with Gasteiger partial charge in [-0.15, -0.1) is 11.3 Å². The summed E-state index contributed by atoms with van der Waals surface area (Å²) in [7, 11) is 0. The van der Waals surface area contributed by atoms with E-state index >= 15 is 0 Å². The number of carbonyl (C=O) groups is 1. The van der Waals surface area contributed by atoms with Gasteiger partial charge in [0.25, 0.3) is 5.91 Å². The fourth-order valence-corrected chi connectivity index (χ4v) is 2.65. The number of hydrogen-bond donors (Lipinski definition) is 1. The van der Waals surface area contributed by atoms with Crippen LogP contribution < -0.4 is 5.32 Å². The Kier molecular flexibility index (Phi) is 3.23. The maximum Gasteiger partial charge on any atom is 0.271 e. The van der Waals surface area contributed by atoms with E-state index in [4.69, 9.17) is 11.6 Å². The number of carbonyl (C=O) groups excluding carboxylic acids is 1. The largest absolute Gasteiger partial charge is 0.347 e. The highest BCUT2D eigenvalue weighted by molar-refractivity contribution is 7.15. The second-order valence-corrected chi connectivity index (χ2v) is 5.27. The number of benzene rings is 1. The number of aromatic nitrogens is 2. The first kappa shape index (κ1) is 12.2. The van der Waals surface area contributed by atoms with Gasteiger partial charge in [0.15, 0.2) is 4.96 Å². The summed E-state index contributed by atoms with van der Waals surface area (Å²) in [5.41, 5.74) is 1.30. The molecule has 2 heterocycles. The topological polar surface area (TPSA) is 46.4 Å². The molecule has 6 heteroatoms. The van der Waals surface area contributed by atoms with Gasteiger partial charge in [0.2, 0.25) is 0 Å². The van der Waals surface area contributed by atoms with Crippen molar-refractivity contribution in [1.29, 1.82) is 0 Å². The number of nitrogens with zero attached hydrogens (tertiary/aromatic N) is 2. The van der Waals surface area contributed by atoms with Crippen molar-refractivity contribution < 1.29 is 4.79 Å². The number of thiazole rings is 1. The second kappa shape index (κ2) is 5.03. The number of nitrogens with one attached hydrogen (secondary N) is 1. The maximum atomic E-state index is 12.0. The summed E-state index contributed by atoms with van der Waals surface area (Å²) in [4.78, 5) is 17.0. The van der Waals surface area contributed by atoms with E-state index in [-0.39, 0.29) is 5.91 Å². The molecule has 1 N–H and O–H groups in total. The van der Waals surface area contributed by atoms with Crippen molar-refractivity contribution >= 4 is 33.8 Å². The van der Waals surface area contributed by atoms with E-state index in [1.807, 2.05) is 34.2 Å². The lowest BCUT2D eigenvalue weighted by atomic mass is 10.2. The average Bonchev–Trinajstić information content (AvgIpc) is 2.98. The Labute approximate surface area is 118 Å². The quantitative estimate of drug-likeness (QED) is 0.806. The first-order valence-electron chi connectivity index (χ1n) is 5.68. The highest BCUT2D eigenvalue weighted by Gasteiger charge is 2.11. The molecular weight excluding hydrogens is 282 g/mol. The standard InChI is InChI=1S/C13H10ClN3OS/c14-10-4-2-1-3-9(10)7-15-12(18)11-8-17-5-6-19-13(17)16-11/h1-6,8H,7H2,(H,15,18). The smallest absolute Gasteiger partial charge is 0.271 e. The van der Waals surface area contributed by atoms with Gasteiger partial charge in [0.1, 0.15) is 5.69 Å². The van der Waals surface area contributed by atoms with Crippen molar-refractivity contribution in [2.75, 3.05) is 0 Å². The lowest BCUT2D eigenvalue weighted by Gasteiger charge is -2.04. The molecule has 0 spiro atoms. The summed E-state index contributed by atoms with van der Waals surface area (Å²) in [5, 5.41) is 5.38. The van der Waals surface area contributed by atoms with E-state index in [0.717, 1.165) is 10.5 Å². The Morgan fingerprint density at radius 3 is 3.05 bits per heavy atom. The molecular formula is C13H10ClN3OS. The van der Waals surface area contributed by atoms with Crippen LogP contribution in [-0.4, -0.2) is 15.3 Å². The molecule has 0 aliphatic rings. The van der Waals surface area contributed by atoms with Gasteiger partial charge in [0, 0.05) is 29.3 Å². The van der Waals surface area contributed by atoms with Crippen molar-refractivity contribution in [2.45, 2.75) is 6.54 Å². The summed E-state index contributed by atoms with van der Waals surface area (Å²) in [6.45, 7) is 0.393. The minimum Gasteiger partial charge on any atom is -0.347 e. The number of fused-ring (bicyclic) bond motifs is 1. The van der Waals surface area contributed by atoms with Gasteiger partial charge in [-0.05, 0) is 11.6 Å². The van der Waals surface area contributed by atoms with Crippen molar-refractivity contribution in [3.05, 3.63) is 58.3 Å². The van der Waals surface area contributed by atoms with Crippen LogP contribution in [0.25, 0.3) is 4.96 Å². The first-order chi connectivity index (χ1) is 9.24. The molecule has 0 radical (unpaired) electrons. The van der Waals surface area contributed by atoms with Gasteiger partial charge < -0.3 is 5.32 Å². The third-order valence-corrected chi connectivity index (χ3v) is 3.86. The lowest BCUT2D eigenvalue weighted by molar-refractivity contribution is 0.0946. The van der Waals surface area contributed by atoms with Crippen molar-refractivity contribution in [1.82, 2.24) is 14.7 Å². The van der Waals surface area contributed by atoms with Gasteiger partial charge in [-0.1, -0.05) is 29.8 Å². The van der Waals surface area contributed by atoms with Crippen molar-refractivity contribution in [2.24, 2.45) is 0 Å². The van der Waals surface area contributed by atoms with Crippen LogP contribution in [-0.2, 0) is 6.54 Å². The zero-order valence-corrected chi connectivity index (χ0v) is 11.4. The second-order valence-electron chi connectivity index (χ2n) is 3.99. The van der Waals surface area contributed by atoms with Crippen LogP contribution in [0.15, 0.2) is 42.0 Å². The molecule has 4 nitrogen and oxygen atoms in total. The number of rotatable bonds is 3. The lowest BCUT2D eigenvalue weighted by Crippen LogP contribution is -2.23. The average molecular weight is 292 g/mol. The molecule has 1 aromatic carbocycles. The van der Waals surface area contributed by atoms with Crippen LogP contribution >= 0.6 is 22.9 Å². The summed E-state index contributed by atoms with van der Waals surface area (Å²) in [6, 6.07) is 7.43. The zero-order chi connectivity index (χ0) is 13.2. The number of halogens is 1. The summed E-state index contributed by atoms with van der Waals surface area (Å²) >= 11 is 7.52. The summed E-state index contributed by atoms with van der Waals surface area (Å²) in [5.74, 6) is -0.198. The fourth-order valence-electron chi connectivity index (χ4n) is 1.74. The van der Waals surface area contributed by atoms with E-state index in [1.165, 1.54) is 11.3 Å². The molecule has 0 aliphatic heterocycles. The predicted molar refractivity (Wildman–Crippen MR) is 75.7 cm³/mol. The van der Waals surface area contributed by atoms with Gasteiger partial charge in [-0.3, -0.25) is 9.20 Å². The molecule has 0 atom stereocenters. The third kappa shape index (κ3) is 2.47. The summed E-state index contributed by atoms with van der Waals surface area (Å²) in [6.07, 6.45) is 3.59. The molecule has 3 aromatic rings. The van der Waals surface area contributed by atoms with Gasteiger partial charge in [-0.25, -0.2) is 4.98 Å². The molecule has 1 amide bonds. The van der Waals surface area contributed by atoms with Crippen LogP contribution in [0.4, 0.5) is 0 Å². The molecule has 96 valence electrons. The van der Waals surface area contributed by atoms with Gasteiger partial charge >= 0.3 is 0 Å². The Morgan fingerprint density at radius 1 is 1.42 bits per heavy atom. The van der Waals surface area contributed by atoms with E-state index in [1.54, 1.807) is 12.3 Å². The predicted octanol–water partition coefficient (Wildman–Crippen LogP) is 2.98. The monoisotopic (exact) mass is 291 g/mol. The molecule has 0 aliphatic carbocycles. The number of hydrogen-bond acceptors (Lipinski definition) is 3. The molecule has 2 aromatic heterocycles. The van der Waals surface area contributed by atoms with E-state index < -0.39 is 0 Å². The zero-order valence-electron chi connectivity index (χ0n) is 9.84. The Bertz CT molecular complexity index is 706. The third-order valence-electron chi connectivity index (χ3n) is 2.72. The normalized spacial score (nSPS) is 10.8. The minimum atomic E-state index is -0.198. The molecule has 0 unspecified atom stereocenters. The molecule has 0 fully saturated rings. The van der Waals surface area contributed by atoms with Gasteiger partial charge in [0.05, 0.1) is 0 Å². The minimum absolute atomic E-state index is 0.198. The maximum absolute atomic E-state index is 12.0. The van der Waals surface area contributed by atoms with Crippen molar-refractivity contribution in [3.63, 3.8) is 0 Å². The van der Waals surface area contributed by atoms with E-state index in [2.05, 4.69) is 10.3 Å². The Morgan fingerprint density at radius 2 is 2.26 bits per heavy atom. The van der Waals surface area contributed by atoms with Gasteiger partial charge in [-0.2, -0.15) is 0 Å². The molecule has 0 saturated heterocycles. The van der Waals surface area contributed by atoms with E-state index in [9.17, 15) is 4.79 Å². The molecule has 19 heavy (non-hydrogen) atoms. The van der Waals surface area contributed by atoms with Crippen LogP contribution in [0.1, 0.15) is 16.1 Å². The van der Waals surface area contributed by atoms with Crippen LogP contribution in [0.2, 0.25) is 5.02 Å². The van der Waals surface area contributed by atoms with Crippen LogP contribution in [0.3, 0.4) is 0 Å².